The zero-order valence-electron chi connectivity index (χ0n) is 19.3. The molecule has 2 aromatic carbocycles. The van der Waals surface area contributed by atoms with Gasteiger partial charge in [0.05, 0.1) is 27.8 Å². The Morgan fingerprint density at radius 2 is 2.03 bits per heavy atom. The third kappa shape index (κ3) is 3.05. The van der Waals surface area contributed by atoms with E-state index in [4.69, 9.17) is 4.98 Å². The molecule has 3 N–H and O–H groups in total. The SMILES string of the molecule is CCN1C(=O)C(C)(C)c2cc3[nH]c(-c4n[nH]cc4NC(=O)C4CC4c4ccccc4)nc3cc21. The first-order valence-corrected chi connectivity index (χ1v) is 11.6. The maximum atomic E-state index is 12.9. The van der Waals surface area contributed by atoms with Crippen molar-refractivity contribution >= 4 is 34.2 Å². The van der Waals surface area contributed by atoms with Crippen molar-refractivity contribution in [2.24, 2.45) is 5.92 Å². The molecule has 3 heterocycles. The zero-order chi connectivity index (χ0) is 23.6. The van der Waals surface area contributed by atoms with E-state index in [1.54, 1.807) is 6.20 Å². The number of aromatic amines is 2. The normalized spacial score (nSPS) is 20.6. The Morgan fingerprint density at radius 3 is 2.79 bits per heavy atom. The van der Waals surface area contributed by atoms with Crippen LogP contribution >= 0.6 is 0 Å². The Kier molecular flexibility index (Phi) is 4.42. The second-order valence-electron chi connectivity index (χ2n) is 9.64. The number of nitrogens with one attached hydrogen (secondary N) is 3. The first-order valence-electron chi connectivity index (χ1n) is 11.6. The Bertz CT molecular complexity index is 1430. The Hall–Kier alpha value is -3.94. The molecule has 0 bridgehead atoms. The average Bonchev–Trinajstić information content (AvgIpc) is 3.26. The number of hydrogen-bond donors (Lipinski definition) is 3. The van der Waals surface area contributed by atoms with Gasteiger partial charge in [0.25, 0.3) is 0 Å². The summed E-state index contributed by atoms with van der Waals surface area (Å²) in [5.74, 6) is 0.883. The molecule has 2 amide bonds. The molecule has 2 aliphatic rings. The maximum Gasteiger partial charge on any atom is 0.237 e. The lowest BCUT2D eigenvalue weighted by atomic mass is 9.86. The smallest absolute Gasteiger partial charge is 0.237 e. The number of likely N-dealkylation sites (N-methyl/N-ethyl adjacent to an activating group) is 1. The Morgan fingerprint density at radius 1 is 1.24 bits per heavy atom. The van der Waals surface area contributed by atoms with E-state index in [9.17, 15) is 9.59 Å². The quantitative estimate of drug-likeness (QED) is 0.417. The Labute approximate surface area is 196 Å². The average molecular weight is 455 g/mol. The molecule has 2 atom stereocenters. The van der Waals surface area contributed by atoms with Crippen LogP contribution in [0.15, 0.2) is 48.7 Å². The molecule has 1 fully saturated rings. The maximum absolute atomic E-state index is 12.9. The number of nitrogens with zero attached hydrogens (tertiary/aromatic N) is 3. The molecule has 8 heteroatoms. The monoisotopic (exact) mass is 454 g/mol. The molecule has 4 aromatic rings. The van der Waals surface area contributed by atoms with E-state index in [-0.39, 0.29) is 23.7 Å². The van der Waals surface area contributed by atoms with Crippen LogP contribution in [0, 0.1) is 5.92 Å². The number of benzene rings is 2. The number of hydrogen-bond acceptors (Lipinski definition) is 4. The topological polar surface area (TPSA) is 107 Å². The van der Waals surface area contributed by atoms with Crippen molar-refractivity contribution in [3.63, 3.8) is 0 Å². The predicted molar refractivity (Wildman–Crippen MR) is 131 cm³/mol. The highest BCUT2D eigenvalue weighted by Gasteiger charge is 2.45. The minimum atomic E-state index is -0.587. The van der Waals surface area contributed by atoms with Gasteiger partial charge in [-0.3, -0.25) is 14.7 Å². The van der Waals surface area contributed by atoms with Crippen LogP contribution in [0.1, 0.15) is 44.2 Å². The van der Waals surface area contributed by atoms with Crippen LogP contribution in [0.4, 0.5) is 11.4 Å². The fourth-order valence-electron chi connectivity index (χ4n) is 5.10. The number of imidazole rings is 1. The fraction of sp³-hybridized carbons (Fsp3) is 0.308. The number of carbonyl (C=O) groups is 2. The van der Waals surface area contributed by atoms with E-state index in [1.165, 1.54) is 5.56 Å². The molecule has 34 heavy (non-hydrogen) atoms. The van der Waals surface area contributed by atoms with Crippen LogP contribution in [0.25, 0.3) is 22.6 Å². The lowest BCUT2D eigenvalue weighted by Crippen LogP contribution is -2.35. The van der Waals surface area contributed by atoms with Crippen LogP contribution in [0.3, 0.4) is 0 Å². The highest BCUT2D eigenvalue weighted by Crippen LogP contribution is 2.48. The van der Waals surface area contributed by atoms with Gasteiger partial charge in [-0.15, -0.1) is 0 Å². The van der Waals surface area contributed by atoms with Crippen molar-refractivity contribution in [3.05, 3.63) is 59.8 Å². The molecule has 8 nitrogen and oxygen atoms in total. The second-order valence-corrected chi connectivity index (χ2v) is 9.64. The third-order valence-corrected chi connectivity index (χ3v) is 7.14. The second kappa shape index (κ2) is 7.28. The van der Waals surface area contributed by atoms with Crippen molar-refractivity contribution in [1.29, 1.82) is 0 Å². The van der Waals surface area contributed by atoms with E-state index >= 15 is 0 Å². The molecule has 1 saturated carbocycles. The van der Waals surface area contributed by atoms with E-state index in [0.717, 1.165) is 28.7 Å². The summed E-state index contributed by atoms with van der Waals surface area (Å²) >= 11 is 0. The summed E-state index contributed by atoms with van der Waals surface area (Å²) in [5, 5.41) is 10.2. The molecular formula is C26H26N6O2. The molecule has 6 rings (SSSR count). The highest BCUT2D eigenvalue weighted by atomic mass is 16.2. The minimum Gasteiger partial charge on any atom is -0.337 e. The van der Waals surface area contributed by atoms with E-state index < -0.39 is 5.41 Å². The van der Waals surface area contributed by atoms with Crippen molar-refractivity contribution in [2.45, 2.75) is 38.5 Å². The number of carbonyl (C=O) groups excluding carboxylic acids is 2. The van der Waals surface area contributed by atoms with E-state index in [0.29, 0.717) is 23.8 Å². The van der Waals surface area contributed by atoms with Crippen molar-refractivity contribution < 1.29 is 9.59 Å². The predicted octanol–water partition coefficient (Wildman–Crippen LogP) is 4.34. The Balaban J connectivity index is 1.28. The molecule has 0 saturated heterocycles. The van der Waals surface area contributed by atoms with Gasteiger partial charge in [0.1, 0.15) is 0 Å². The number of rotatable bonds is 5. The molecule has 172 valence electrons. The van der Waals surface area contributed by atoms with Gasteiger partial charge in [-0.05, 0) is 56.4 Å². The van der Waals surface area contributed by atoms with Gasteiger partial charge in [-0.25, -0.2) is 4.98 Å². The summed E-state index contributed by atoms with van der Waals surface area (Å²) < 4.78 is 0. The standard InChI is InChI=1S/C26H26N6O2/c1-4-32-21-12-19-18(11-17(21)26(2,3)25(32)34)28-23(29-19)22-20(13-27-31-22)30-24(33)16-10-15(16)14-8-6-5-7-9-14/h5-9,11-13,15-16H,4,10H2,1-3H3,(H,27,31)(H,28,29)(H,30,33). The van der Waals surface area contributed by atoms with Crippen molar-refractivity contribution in [1.82, 2.24) is 20.2 Å². The zero-order valence-corrected chi connectivity index (χ0v) is 19.3. The third-order valence-electron chi connectivity index (χ3n) is 7.14. The van der Waals surface area contributed by atoms with Gasteiger partial charge in [-0.2, -0.15) is 5.10 Å². The largest absolute Gasteiger partial charge is 0.337 e. The fourth-order valence-corrected chi connectivity index (χ4v) is 5.10. The van der Waals surface area contributed by atoms with Gasteiger partial charge in [0, 0.05) is 18.7 Å². The first-order chi connectivity index (χ1) is 16.4. The summed E-state index contributed by atoms with van der Waals surface area (Å²) in [6.07, 6.45) is 2.53. The lowest BCUT2D eigenvalue weighted by molar-refractivity contribution is -0.122. The lowest BCUT2D eigenvalue weighted by Gasteiger charge is -2.18. The van der Waals surface area contributed by atoms with Gasteiger partial charge in [0.2, 0.25) is 11.8 Å². The summed E-state index contributed by atoms with van der Waals surface area (Å²) in [7, 11) is 0. The summed E-state index contributed by atoms with van der Waals surface area (Å²) in [5.41, 5.74) is 5.24. The van der Waals surface area contributed by atoms with Crippen LogP contribution in [0.2, 0.25) is 0 Å². The molecular weight excluding hydrogens is 428 g/mol. The molecule has 2 aromatic heterocycles. The molecule has 0 radical (unpaired) electrons. The summed E-state index contributed by atoms with van der Waals surface area (Å²) in [6, 6.07) is 14.1. The van der Waals surface area contributed by atoms with Crippen LogP contribution in [-0.4, -0.2) is 38.5 Å². The molecule has 1 aliphatic carbocycles. The highest BCUT2D eigenvalue weighted by molar-refractivity contribution is 6.09. The van der Waals surface area contributed by atoms with Crippen LogP contribution < -0.4 is 10.2 Å². The minimum absolute atomic E-state index is 0.00885. The number of H-pyrrole nitrogens is 2. The summed E-state index contributed by atoms with van der Waals surface area (Å²) in [6.45, 7) is 6.49. The molecule has 2 unspecified atom stereocenters. The van der Waals surface area contributed by atoms with Gasteiger partial charge >= 0.3 is 0 Å². The number of aromatic nitrogens is 4. The van der Waals surface area contributed by atoms with E-state index in [1.807, 2.05) is 56.0 Å². The van der Waals surface area contributed by atoms with Gasteiger partial charge in [-0.1, -0.05) is 30.3 Å². The van der Waals surface area contributed by atoms with Gasteiger partial charge in [0.15, 0.2) is 11.5 Å². The van der Waals surface area contributed by atoms with E-state index in [2.05, 4.69) is 32.6 Å². The van der Waals surface area contributed by atoms with Crippen LogP contribution in [0.5, 0.6) is 0 Å². The van der Waals surface area contributed by atoms with Gasteiger partial charge < -0.3 is 15.2 Å². The molecule has 0 spiro atoms. The van der Waals surface area contributed by atoms with Crippen molar-refractivity contribution in [3.8, 4) is 11.5 Å². The number of fused-ring (bicyclic) bond motifs is 2. The first kappa shape index (κ1) is 20.7. The number of amides is 2. The van der Waals surface area contributed by atoms with Crippen LogP contribution in [-0.2, 0) is 15.0 Å². The van der Waals surface area contributed by atoms with Crippen molar-refractivity contribution in [2.75, 3.05) is 16.8 Å². The summed E-state index contributed by atoms with van der Waals surface area (Å²) in [4.78, 5) is 35.6. The molecule has 1 aliphatic heterocycles. The number of anilines is 2.